The first-order chi connectivity index (χ1) is 28.6. The number of nitrogens with one attached hydrogen (secondary N) is 4. The number of fused-ring (bicyclic) bond motifs is 2. The zero-order chi connectivity index (χ0) is 43.8. The predicted molar refractivity (Wildman–Crippen MR) is 225 cm³/mol. The molecule has 15 nitrogen and oxygen atoms in total. The van der Waals surface area contributed by atoms with Crippen LogP contribution in [0.5, 0.6) is 5.75 Å². The summed E-state index contributed by atoms with van der Waals surface area (Å²) in [7, 11) is 0. The van der Waals surface area contributed by atoms with Crippen molar-refractivity contribution in [2.45, 2.75) is 103 Å². The lowest BCUT2D eigenvalue weighted by Crippen LogP contribution is -2.59. The number of ether oxygens (including phenoxy) is 1. The fraction of sp³-hybridized carbons (Fsp3) is 0.444. The van der Waals surface area contributed by atoms with E-state index in [0.29, 0.717) is 30.7 Å². The summed E-state index contributed by atoms with van der Waals surface area (Å²) in [4.78, 5) is 84.7. The summed E-state index contributed by atoms with van der Waals surface area (Å²) in [5.41, 5.74) is 3.88. The minimum Gasteiger partial charge on any atom is -0.508 e. The van der Waals surface area contributed by atoms with Crippen LogP contribution in [0, 0.1) is 17.8 Å². The molecule has 6 N–H and O–H groups in total. The highest BCUT2D eigenvalue weighted by atomic mass is 16.5. The van der Waals surface area contributed by atoms with Crippen molar-refractivity contribution in [2.24, 2.45) is 17.8 Å². The van der Waals surface area contributed by atoms with Crippen molar-refractivity contribution in [3.8, 4) is 5.75 Å². The number of anilines is 1. The average Bonchev–Trinajstić information content (AvgIpc) is 3.21. The van der Waals surface area contributed by atoms with Gasteiger partial charge in [-0.15, -0.1) is 0 Å². The molecule has 4 amide bonds. The van der Waals surface area contributed by atoms with Gasteiger partial charge in [0.1, 0.15) is 41.6 Å². The van der Waals surface area contributed by atoms with E-state index in [1.165, 1.54) is 36.2 Å². The molecule has 0 radical (unpaired) electrons. The Morgan fingerprint density at radius 1 is 1.02 bits per heavy atom. The Balaban J connectivity index is 1.68. The number of benzene rings is 1. The number of aromatic nitrogens is 1. The Morgan fingerprint density at radius 2 is 1.77 bits per heavy atom. The lowest BCUT2D eigenvalue weighted by molar-refractivity contribution is -0.156. The molecule has 1 saturated heterocycles. The van der Waals surface area contributed by atoms with Crippen molar-refractivity contribution in [1.82, 2.24) is 26.1 Å². The van der Waals surface area contributed by atoms with E-state index in [0.717, 1.165) is 0 Å². The maximum atomic E-state index is 14.3. The van der Waals surface area contributed by atoms with Crippen LogP contribution in [0.15, 0.2) is 96.8 Å². The topological polar surface area (TPSA) is 216 Å². The average molecular weight is 827 g/mol. The number of aliphatic hydroxyl groups excluding tert-OH is 1. The molecule has 1 fully saturated rings. The zero-order valence-electron chi connectivity index (χ0n) is 34.9. The Kier molecular flexibility index (Phi) is 17.9. The number of esters is 1. The standard InChI is InChI=1S/C45H58N6O9/c1-28(2)39-43(57)49-40(32-17-13-18-33(53)27-32)44(58)51-26-14-19-35(50-51)45(59)60-36(29(3)16-12-22-38(54)47-37-21-10-11-25-46-37)20-9-7-6-8-15-30(4)41(55)34(42(56)48-39)24-23-31(5)52/h6-13,16-18,21-22,25,27-28,30,34-36,39-41,50,53,55H,14-15,19-20,23-24,26H2,1-5H3,(H,48,56)(H,49,57)(H,46,47,54)/b8-6+,9-7+,22-12+,29-16+/t30-,34+,35?,36-,39-,40?,41+/m0/s1. The molecular formula is C45H58N6O9. The third-order valence-electron chi connectivity index (χ3n) is 10.4. The number of Topliss-reactive ketones (excluding diaryl/α,β-unsaturated/α-hetero) is 1. The summed E-state index contributed by atoms with van der Waals surface area (Å²) in [6.07, 6.45) is 12.9. The Hall–Kier alpha value is -5.93. The molecule has 2 unspecified atom stereocenters. The van der Waals surface area contributed by atoms with Crippen molar-refractivity contribution in [3.63, 3.8) is 0 Å². The van der Waals surface area contributed by atoms with Crippen molar-refractivity contribution < 1.29 is 43.7 Å². The molecule has 15 heteroatoms. The fourth-order valence-electron chi connectivity index (χ4n) is 6.84. The highest BCUT2D eigenvalue weighted by Gasteiger charge is 2.38. The number of phenolic OH excluding ortho intramolecular Hbond substituents is 1. The van der Waals surface area contributed by atoms with Gasteiger partial charge in [0.05, 0.1) is 12.0 Å². The molecule has 2 aliphatic heterocycles. The van der Waals surface area contributed by atoms with Crippen molar-refractivity contribution >= 4 is 41.2 Å². The lowest BCUT2D eigenvalue weighted by atomic mass is 9.85. The van der Waals surface area contributed by atoms with Crippen LogP contribution in [-0.2, 0) is 33.5 Å². The number of pyridine rings is 1. The quantitative estimate of drug-likeness (QED) is 0.117. The SMILES string of the molecule is CC(=O)CC[C@H]1C(=O)N[C@@H](C(C)C)C(=O)NC(c2cccc(O)c2)C(=O)N2CCCC(N2)C(=O)O[C@H](/C(C)=C/C=C/C(=O)Nc2ccccn2)C/C=C/C=C/C[C@H](C)[C@H]1O. The van der Waals surface area contributed by atoms with Gasteiger partial charge in [0, 0.05) is 31.7 Å². The van der Waals surface area contributed by atoms with Crippen LogP contribution in [0.4, 0.5) is 5.82 Å². The lowest BCUT2D eigenvalue weighted by Gasteiger charge is -2.36. The number of carbonyl (C=O) groups excluding carboxylic acids is 6. The van der Waals surface area contributed by atoms with Crippen LogP contribution >= 0.6 is 0 Å². The maximum Gasteiger partial charge on any atom is 0.325 e. The van der Waals surface area contributed by atoms with Gasteiger partial charge in [0.2, 0.25) is 17.7 Å². The van der Waals surface area contributed by atoms with Crippen molar-refractivity contribution in [3.05, 3.63) is 102 Å². The van der Waals surface area contributed by atoms with E-state index in [1.807, 2.05) is 12.2 Å². The molecule has 2 bridgehead atoms. The van der Waals surface area contributed by atoms with Crippen LogP contribution in [0.25, 0.3) is 0 Å². The number of rotatable bonds is 9. The molecule has 322 valence electrons. The van der Waals surface area contributed by atoms with E-state index in [4.69, 9.17) is 4.74 Å². The van der Waals surface area contributed by atoms with Crippen LogP contribution < -0.4 is 21.4 Å². The van der Waals surface area contributed by atoms with Crippen LogP contribution in [0.2, 0.25) is 0 Å². The van der Waals surface area contributed by atoms with Crippen LogP contribution in [0.1, 0.15) is 84.7 Å². The van der Waals surface area contributed by atoms with Crippen LogP contribution in [-0.4, -0.2) is 86.4 Å². The maximum absolute atomic E-state index is 14.3. The van der Waals surface area contributed by atoms with Crippen LogP contribution in [0.3, 0.4) is 0 Å². The number of allylic oxidation sites excluding steroid dienone is 5. The van der Waals surface area contributed by atoms with E-state index in [9.17, 15) is 39.0 Å². The molecular weight excluding hydrogens is 769 g/mol. The van der Waals surface area contributed by atoms with E-state index >= 15 is 0 Å². The first kappa shape index (κ1) is 46.8. The third kappa shape index (κ3) is 14.1. The summed E-state index contributed by atoms with van der Waals surface area (Å²) >= 11 is 0. The van der Waals surface area contributed by atoms with E-state index in [1.54, 1.807) is 82.5 Å². The first-order valence-corrected chi connectivity index (χ1v) is 20.4. The predicted octanol–water partition coefficient (Wildman–Crippen LogP) is 4.52. The van der Waals surface area contributed by atoms with Gasteiger partial charge in [-0.05, 0) is 86.8 Å². The first-order valence-electron chi connectivity index (χ1n) is 20.4. The second-order valence-corrected chi connectivity index (χ2v) is 15.6. The highest BCUT2D eigenvalue weighted by molar-refractivity contribution is 5.98. The molecule has 7 atom stereocenters. The van der Waals surface area contributed by atoms with Gasteiger partial charge in [0.25, 0.3) is 5.91 Å². The van der Waals surface area contributed by atoms with Gasteiger partial charge >= 0.3 is 5.97 Å². The molecule has 60 heavy (non-hydrogen) atoms. The number of cyclic esters (lactones) is 1. The number of phenols is 1. The number of ketones is 1. The fourth-order valence-corrected chi connectivity index (χ4v) is 6.84. The van der Waals surface area contributed by atoms with Gasteiger partial charge in [-0.1, -0.05) is 75.4 Å². The normalized spacial score (nSPS) is 26.6. The Morgan fingerprint density at radius 3 is 2.45 bits per heavy atom. The minimum atomic E-state index is -1.35. The number of amides is 4. The largest absolute Gasteiger partial charge is 0.508 e. The molecule has 1 aromatic heterocycles. The number of nitrogens with zero attached hydrogens (tertiary/aromatic N) is 2. The second kappa shape index (κ2) is 23.0. The smallest absolute Gasteiger partial charge is 0.325 e. The zero-order valence-corrected chi connectivity index (χ0v) is 34.9. The molecule has 1 aromatic carbocycles. The van der Waals surface area contributed by atoms with Crippen molar-refractivity contribution in [1.29, 1.82) is 0 Å². The number of aromatic hydroxyl groups is 1. The minimum absolute atomic E-state index is 0.0463. The summed E-state index contributed by atoms with van der Waals surface area (Å²) in [6, 6.07) is 7.59. The number of aliphatic hydroxyl groups is 1. The Labute approximate surface area is 351 Å². The van der Waals surface area contributed by atoms with Gasteiger partial charge in [-0.25, -0.2) is 10.4 Å². The number of hydrazine groups is 1. The van der Waals surface area contributed by atoms with E-state index in [2.05, 4.69) is 26.4 Å². The second-order valence-electron chi connectivity index (χ2n) is 15.6. The molecule has 0 saturated carbocycles. The van der Waals surface area contributed by atoms with E-state index < -0.39 is 77.7 Å². The number of carbonyl (C=O) groups is 6. The van der Waals surface area contributed by atoms with Gasteiger partial charge in [0.15, 0.2) is 0 Å². The third-order valence-corrected chi connectivity index (χ3v) is 10.4. The molecule has 4 rings (SSSR count). The molecule has 0 aliphatic carbocycles. The summed E-state index contributed by atoms with van der Waals surface area (Å²) in [5.74, 6) is -4.73. The monoisotopic (exact) mass is 826 g/mol. The van der Waals surface area contributed by atoms with Gasteiger partial charge < -0.3 is 35.7 Å². The summed E-state index contributed by atoms with van der Waals surface area (Å²) in [6.45, 7) is 8.61. The molecule has 3 heterocycles. The summed E-state index contributed by atoms with van der Waals surface area (Å²) in [5, 5.41) is 31.3. The van der Waals surface area contributed by atoms with E-state index in [-0.39, 0.29) is 42.9 Å². The number of hydrogen-bond donors (Lipinski definition) is 6. The molecule has 2 aliphatic rings. The molecule has 2 aromatic rings. The summed E-state index contributed by atoms with van der Waals surface area (Å²) < 4.78 is 6.05. The van der Waals surface area contributed by atoms with Gasteiger partial charge in [-0.2, -0.15) is 0 Å². The van der Waals surface area contributed by atoms with Crippen molar-refractivity contribution in [2.75, 3.05) is 11.9 Å². The highest BCUT2D eigenvalue weighted by Crippen LogP contribution is 2.25. The molecule has 0 spiro atoms. The Bertz CT molecular complexity index is 1950. The number of hydrogen-bond acceptors (Lipinski definition) is 11. The van der Waals surface area contributed by atoms with Gasteiger partial charge in [-0.3, -0.25) is 29.0 Å².